The molecular formula is C33H66N6O2S. The summed E-state index contributed by atoms with van der Waals surface area (Å²) in [6, 6.07) is -0.521. The van der Waals surface area contributed by atoms with E-state index in [0.717, 1.165) is 25.3 Å². The van der Waals surface area contributed by atoms with Crippen molar-refractivity contribution in [3.05, 3.63) is 0 Å². The van der Waals surface area contributed by atoms with Gasteiger partial charge in [-0.3, -0.25) is 14.6 Å². The van der Waals surface area contributed by atoms with Gasteiger partial charge < -0.3 is 27.0 Å². The van der Waals surface area contributed by atoms with Crippen LogP contribution in [0.1, 0.15) is 135 Å². The predicted octanol–water partition coefficient (Wildman–Crippen LogP) is 5.90. The maximum absolute atomic E-state index is 12.3. The number of aliphatic imine (C=N–C) groups is 1. The summed E-state index contributed by atoms with van der Waals surface area (Å²) in [5.41, 5.74) is 6.46. The molecule has 0 aromatic heterocycles. The van der Waals surface area contributed by atoms with E-state index in [-0.39, 0.29) is 11.8 Å². The van der Waals surface area contributed by atoms with E-state index in [1.807, 2.05) is 7.05 Å². The quantitative estimate of drug-likeness (QED) is 0.0895. The number of carbonyl (C=O) groups is 2. The van der Waals surface area contributed by atoms with Crippen LogP contribution in [0.2, 0.25) is 0 Å². The van der Waals surface area contributed by atoms with Crippen LogP contribution in [-0.2, 0) is 9.59 Å². The van der Waals surface area contributed by atoms with Crippen LogP contribution in [0.25, 0.3) is 0 Å². The van der Waals surface area contributed by atoms with Gasteiger partial charge in [0.25, 0.3) is 0 Å². The fraction of sp³-hybridized carbons (Fsp3) is 0.909. The van der Waals surface area contributed by atoms with E-state index in [9.17, 15) is 9.59 Å². The number of hydrogen-bond donors (Lipinski definition) is 5. The van der Waals surface area contributed by atoms with Gasteiger partial charge in [0.05, 0.1) is 11.8 Å². The molecule has 8 nitrogen and oxygen atoms in total. The lowest BCUT2D eigenvalue weighted by molar-refractivity contribution is -0.122. The van der Waals surface area contributed by atoms with Gasteiger partial charge >= 0.3 is 0 Å². The molecule has 1 rings (SSSR count). The number of nitrogens with zero attached hydrogens (tertiary/aromatic N) is 1. The van der Waals surface area contributed by atoms with E-state index in [2.05, 4.69) is 33.2 Å². The first-order valence-corrected chi connectivity index (χ1v) is 18.3. The van der Waals surface area contributed by atoms with E-state index in [4.69, 9.17) is 5.73 Å². The summed E-state index contributed by atoms with van der Waals surface area (Å²) in [5.74, 6) is 1.80. The zero-order valence-corrected chi connectivity index (χ0v) is 28.3. The van der Waals surface area contributed by atoms with Gasteiger partial charge in [-0.05, 0) is 43.9 Å². The first-order valence-electron chi connectivity index (χ1n) is 17.2. The van der Waals surface area contributed by atoms with E-state index in [1.165, 1.54) is 109 Å². The highest BCUT2D eigenvalue weighted by atomic mass is 32.2. The van der Waals surface area contributed by atoms with Gasteiger partial charge in [-0.1, -0.05) is 96.8 Å². The highest BCUT2D eigenvalue weighted by molar-refractivity contribution is 7.99. The standard InChI is InChI=1S/C33H66N6O2S/c1-33(21-15-13-11-9-7-5-4-6-8-10-12-14-16-22-33)23-17-18-24-37-30(40)28-42-27-26-38-31(41)29(34)20-19-25-39-32(35-2)36-3/h29H,4-28,34H2,1-3H3,(H,37,40)(H,38,41)(H2,35,36,39). The molecule has 0 aromatic carbocycles. The van der Waals surface area contributed by atoms with Crippen molar-refractivity contribution in [1.29, 1.82) is 0 Å². The van der Waals surface area contributed by atoms with Gasteiger partial charge in [0.15, 0.2) is 5.96 Å². The molecule has 1 saturated carbocycles. The minimum Gasteiger partial charge on any atom is -0.359 e. The molecule has 9 heteroatoms. The highest BCUT2D eigenvalue weighted by Crippen LogP contribution is 2.36. The van der Waals surface area contributed by atoms with Crippen molar-refractivity contribution in [3.63, 3.8) is 0 Å². The molecule has 1 fully saturated rings. The molecule has 0 aromatic rings. The predicted molar refractivity (Wildman–Crippen MR) is 182 cm³/mol. The molecule has 1 aliphatic carbocycles. The number of guanidine groups is 1. The van der Waals surface area contributed by atoms with E-state index in [0.29, 0.717) is 36.4 Å². The van der Waals surface area contributed by atoms with Crippen molar-refractivity contribution in [3.8, 4) is 0 Å². The van der Waals surface area contributed by atoms with Crippen LogP contribution >= 0.6 is 11.8 Å². The number of hydrogen-bond acceptors (Lipinski definition) is 5. The Balaban J connectivity index is 2.13. The van der Waals surface area contributed by atoms with E-state index in [1.54, 1.807) is 18.8 Å². The average Bonchev–Trinajstić information content (AvgIpc) is 2.98. The molecule has 0 heterocycles. The fourth-order valence-corrected chi connectivity index (χ4v) is 6.54. The van der Waals surface area contributed by atoms with Crippen molar-refractivity contribution in [1.82, 2.24) is 21.3 Å². The average molecular weight is 611 g/mol. The molecule has 246 valence electrons. The van der Waals surface area contributed by atoms with Crippen LogP contribution in [-0.4, -0.2) is 69.1 Å². The Hall–Kier alpha value is -1.48. The lowest BCUT2D eigenvalue weighted by atomic mass is 9.76. The minimum absolute atomic E-state index is 0.0861. The van der Waals surface area contributed by atoms with Crippen molar-refractivity contribution in [2.75, 3.05) is 45.2 Å². The Morgan fingerprint density at radius 2 is 1.33 bits per heavy atom. The number of thioether (sulfide) groups is 1. The number of unbranched alkanes of at least 4 members (excludes halogenated alkanes) is 1. The third-order valence-corrected chi connectivity index (χ3v) is 9.61. The molecule has 0 spiro atoms. The lowest BCUT2D eigenvalue weighted by Crippen LogP contribution is -2.42. The zero-order valence-electron chi connectivity index (χ0n) is 27.5. The molecule has 0 saturated heterocycles. The van der Waals surface area contributed by atoms with Gasteiger partial charge in [-0.25, -0.2) is 0 Å². The first kappa shape index (κ1) is 38.5. The summed E-state index contributed by atoms with van der Waals surface area (Å²) in [6.45, 7) is 4.51. The highest BCUT2D eigenvalue weighted by Gasteiger charge is 2.23. The summed E-state index contributed by atoms with van der Waals surface area (Å²) < 4.78 is 0. The molecule has 0 aliphatic heterocycles. The van der Waals surface area contributed by atoms with Gasteiger partial charge in [0, 0.05) is 39.5 Å². The van der Waals surface area contributed by atoms with Gasteiger partial charge in [0.1, 0.15) is 0 Å². The molecule has 1 aliphatic rings. The van der Waals surface area contributed by atoms with Crippen molar-refractivity contribution in [2.45, 2.75) is 141 Å². The molecule has 42 heavy (non-hydrogen) atoms. The van der Waals surface area contributed by atoms with E-state index < -0.39 is 6.04 Å². The van der Waals surface area contributed by atoms with Crippen molar-refractivity contribution >= 4 is 29.5 Å². The van der Waals surface area contributed by atoms with Crippen molar-refractivity contribution in [2.24, 2.45) is 16.1 Å². The number of rotatable bonds is 15. The first-order chi connectivity index (χ1) is 20.4. The van der Waals surface area contributed by atoms with Crippen LogP contribution in [0.3, 0.4) is 0 Å². The van der Waals surface area contributed by atoms with Crippen LogP contribution in [0.4, 0.5) is 0 Å². The topological polar surface area (TPSA) is 121 Å². The minimum atomic E-state index is -0.521. The molecular weight excluding hydrogens is 544 g/mol. The molecule has 0 radical (unpaired) electrons. The van der Waals surface area contributed by atoms with Gasteiger partial charge in [-0.15, -0.1) is 0 Å². The summed E-state index contributed by atoms with van der Waals surface area (Å²) in [5, 5.41) is 12.1. The maximum atomic E-state index is 12.3. The van der Waals surface area contributed by atoms with Gasteiger partial charge in [0.2, 0.25) is 11.8 Å². The third kappa shape index (κ3) is 21.2. The number of nitrogens with two attached hydrogens (primary N) is 1. The smallest absolute Gasteiger partial charge is 0.236 e. The third-order valence-electron chi connectivity index (χ3n) is 8.65. The van der Waals surface area contributed by atoms with Crippen molar-refractivity contribution < 1.29 is 9.59 Å². The molecule has 1 unspecified atom stereocenters. The molecule has 0 bridgehead atoms. The number of carbonyl (C=O) groups excluding carboxylic acids is 2. The Labute approximate surface area is 262 Å². The number of nitrogens with one attached hydrogen (secondary N) is 4. The van der Waals surface area contributed by atoms with Crippen LogP contribution < -0.4 is 27.0 Å². The van der Waals surface area contributed by atoms with Crippen LogP contribution in [0.15, 0.2) is 4.99 Å². The molecule has 2 amide bonds. The summed E-state index contributed by atoms with van der Waals surface area (Å²) in [7, 11) is 3.52. The van der Waals surface area contributed by atoms with Gasteiger partial charge in [-0.2, -0.15) is 11.8 Å². The molecule has 1 atom stereocenters. The largest absolute Gasteiger partial charge is 0.359 e. The lowest BCUT2D eigenvalue weighted by Gasteiger charge is -2.30. The second kappa shape index (κ2) is 26.0. The monoisotopic (exact) mass is 610 g/mol. The Morgan fingerprint density at radius 3 is 1.88 bits per heavy atom. The summed E-state index contributed by atoms with van der Waals surface area (Å²) in [6.07, 6.45) is 26.0. The Kier molecular flexibility index (Phi) is 23.8. The van der Waals surface area contributed by atoms with Crippen LogP contribution in [0, 0.1) is 5.41 Å². The Bertz CT molecular complexity index is 705. The molecule has 6 N–H and O–H groups in total. The SMILES string of the molecule is C/N=C(/NC)NCCCC(N)C(=O)NCCSCC(=O)NCCCCC1(C)CCCCCCCCCCCCCCC1. The second-order valence-corrected chi connectivity index (χ2v) is 13.7. The Morgan fingerprint density at radius 1 is 0.786 bits per heavy atom. The van der Waals surface area contributed by atoms with Crippen LogP contribution in [0.5, 0.6) is 0 Å². The normalized spacial score (nSPS) is 18.5. The maximum Gasteiger partial charge on any atom is 0.236 e. The summed E-state index contributed by atoms with van der Waals surface area (Å²) in [4.78, 5) is 28.5. The fourth-order valence-electron chi connectivity index (χ4n) is 5.86. The van der Waals surface area contributed by atoms with E-state index >= 15 is 0 Å². The zero-order chi connectivity index (χ0) is 30.7. The second-order valence-electron chi connectivity index (χ2n) is 12.6. The number of amides is 2. The summed E-state index contributed by atoms with van der Waals surface area (Å²) >= 11 is 1.55.